The van der Waals surface area contributed by atoms with Crippen LogP contribution in [0.25, 0.3) is 10.6 Å². The molecule has 3 aromatic rings. The molecule has 1 aliphatic rings. The summed E-state index contributed by atoms with van der Waals surface area (Å²) in [7, 11) is -2.14. The average molecular weight is 488 g/mol. The largest absolute Gasteiger partial charge is 0.325 e. The molecule has 0 unspecified atom stereocenters. The second-order valence-corrected chi connectivity index (χ2v) is 11.0. The first-order valence-electron chi connectivity index (χ1n) is 10.9. The fourth-order valence-electron chi connectivity index (χ4n) is 4.09. The van der Waals surface area contributed by atoms with Crippen LogP contribution >= 0.6 is 11.3 Å². The van der Waals surface area contributed by atoms with Gasteiger partial charge in [0.15, 0.2) is 0 Å². The van der Waals surface area contributed by atoms with Gasteiger partial charge in [-0.15, -0.1) is 11.3 Å². The van der Waals surface area contributed by atoms with Gasteiger partial charge in [-0.1, -0.05) is 43.5 Å². The number of amides is 1. The maximum absolute atomic E-state index is 13.5. The molecule has 2 aromatic carbocycles. The Hall–Kier alpha value is -2.62. The van der Waals surface area contributed by atoms with E-state index in [4.69, 9.17) is 0 Å². The Balaban J connectivity index is 1.48. The lowest BCUT2D eigenvalue weighted by Gasteiger charge is -2.30. The van der Waals surface area contributed by atoms with Crippen LogP contribution in [0.1, 0.15) is 37.8 Å². The first-order chi connectivity index (χ1) is 15.8. The number of halogens is 1. The topological polar surface area (TPSA) is 79.4 Å². The lowest BCUT2D eigenvalue weighted by Crippen LogP contribution is -2.38. The zero-order chi connectivity index (χ0) is 23.4. The molecule has 1 fully saturated rings. The van der Waals surface area contributed by atoms with Gasteiger partial charge in [0, 0.05) is 24.0 Å². The number of benzene rings is 2. The number of aromatic nitrogens is 1. The van der Waals surface area contributed by atoms with Crippen LogP contribution in [0.15, 0.2) is 58.8 Å². The van der Waals surface area contributed by atoms with Gasteiger partial charge in [0.25, 0.3) is 0 Å². The van der Waals surface area contributed by atoms with Crippen LogP contribution < -0.4 is 5.32 Å². The molecule has 0 radical (unpaired) electrons. The normalized spacial score (nSPS) is 15.0. The first kappa shape index (κ1) is 23.5. The van der Waals surface area contributed by atoms with E-state index in [0.717, 1.165) is 32.1 Å². The van der Waals surface area contributed by atoms with E-state index in [1.807, 2.05) is 0 Å². The number of carbonyl (C=O) groups is 1. The number of thiazole rings is 1. The molecule has 174 valence electrons. The molecular formula is C24H26FN3O3S2. The van der Waals surface area contributed by atoms with Crippen molar-refractivity contribution in [3.05, 3.63) is 65.4 Å². The molecule has 1 heterocycles. The molecule has 9 heteroatoms. The van der Waals surface area contributed by atoms with Gasteiger partial charge in [0.1, 0.15) is 15.7 Å². The minimum Gasteiger partial charge on any atom is -0.325 e. The summed E-state index contributed by atoms with van der Waals surface area (Å²) in [5.74, 6) is -0.716. The maximum Gasteiger partial charge on any atom is 0.245 e. The summed E-state index contributed by atoms with van der Waals surface area (Å²) in [6.45, 7) is 0. The van der Waals surface area contributed by atoms with Gasteiger partial charge < -0.3 is 5.32 Å². The van der Waals surface area contributed by atoms with Gasteiger partial charge in [-0.25, -0.2) is 17.8 Å². The second-order valence-electron chi connectivity index (χ2n) is 8.19. The molecule has 0 spiro atoms. The fourth-order valence-corrected chi connectivity index (χ4v) is 6.47. The van der Waals surface area contributed by atoms with Crippen LogP contribution in [-0.2, 0) is 21.2 Å². The smallest absolute Gasteiger partial charge is 0.245 e. The average Bonchev–Trinajstić information content (AvgIpc) is 3.27. The van der Waals surface area contributed by atoms with E-state index in [9.17, 15) is 17.6 Å². The van der Waals surface area contributed by atoms with Crippen molar-refractivity contribution < 1.29 is 17.6 Å². The molecule has 0 bridgehead atoms. The van der Waals surface area contributed by atoms with Crippen LogP contribution in [0.4, 0.5) is 10.1 Å². The molecule has 1 N–H and O–H groups in total. The van der Waals surface area contributed by atoms with Crippen molar-refractivity contribution in [1.82, 2.24) is 9.29 Å². The molecular weight excluding hydrogens is 461 g/mol. The van der Waals surface area contributed by atoms with Crippen molar-refractivity contribution in [1.29, 1.82) is 0 Å². The zero-order valence-corrected chi connectivity index (χ0v) is 20.0. The van der Waals surface area contributed by atoms with Crippen molar-refractivity contribution in [2.45, 2.75) is 49.5 Å². The highest BCUT2D eigenvalue weighted by Crippen LogP contribution is 2.30. The van der Waals surface area contributed by atoms with E-state index in [1.165, 1.54) is 33.8 Å². The predicted molar refractivity (Wildman–Crippen MR) is 128 cm³/mol. The number of para-hydroxylation sites is 1. The SMILES string of the molecule is CN(C1CCCCC1)S(=O)(=O)c1ccccc1NC(=O)Cc1csc(-c2cccc(F)c2)n1. The fraction of sp³-hybridized carbons (Fsp3) is 0.333. The van der Waals surface area contributed by atoms with E-state index < -0.39 is 10.0 Å². The van der Waals surface area contributed by atoms with Crippen molar-refractivity contribution in [3.8, 4) is 10.6 Å². The Kier molecular flexibility index (Phi) is 7.21. The monoisotopic (exact) mass is 487 g/mol. The van der Waals surface area contributed by atoms with Gasteiger partial charge in [0.2, 0.25) is 15.9 Å². The van der Waals surface area contributed by atoms with Gasteiger partial charge in [0.05, 0.1) is 17.8 Å². The van der Waals surface area contributed by atoms with Crippen molar-refractivity contribution >= 4 is 33.0 Å². The second kappa shape index (κ2) is 10.1. The van der Waals surface area contributed by atoms with Gasteiger partial charge in [-0.3, -0.25) is 4.79 Å². The summed E-state index contributed by atoms with van der Waals surface area (Å²) in [6, 6.07) is 12.6. The number of nitrogens with one attached hydrogen (secondary N) is 1. The molecule has 1 saturated carbocycles. The Morgan fingerprint density at radius 3 is 2.67 bits per heavy atom. The van der Waals surface area contributed by atoms with Crippen LogP contribution in [0, 0.1) is 5.82 Å². The Labute approximate surface area is 197 Å². The number of rotatable bonds is 7. The lowest BCUT2D eigenvalue weighted by atomic mass is 9.96. The third-order valence-corrected chi connectivity index (χ3v) is 8.78. The number of nitrogens with zero attached hydrogens (tertiary/aromatic N) is 2. The zero-order valence-electron chi connectivity index (χ0n) is 18.3. The minimum atomic E-state index is -3.75. The molecule has 33 heavy (non-hydrogen) atoms. The van der Waals surface area contributed by atoms with Crippen LogP contribution in [-0.4, -0.2) is 36.7 Å². The van der Waals surface area contributed by atoms with Crippen molar-refractivity contribution in [2.75, 3.05) is 12.4 Å². The summed E-state index contributed by atoms with van der Waals surface area (Å²) in [5.41, 5.74) is 1.44. The standard InChI is InChI=1S/C24H26FN3O3S2/c1-28(20-10-3-2-4-11-20)33(30,31)22-13-6-5-12-21(22)27-23(29)15-19-16-32-24(26-19)17-8-7-9-18(25)14-17/h5-9,12-14,16,20H,2-4,10-11,15H2,1H3,(H,27,29). The van der Waals surface area contributed by atoms with Gasteiger partial charge >= 0.3 is 0 Å². The Morgan fingerprint density at radius 2 is 1.91 bits per heavy atom. The van der Waals surface area contributed by atoms with Crippen LogP contribution in [0.3, 0.4) is 0 Å². The quantitative estimate of drug-likeness (QED) is 0.504. The van der Waals surface area contributed by atoms with Crippen molar-refractivity contribution in [3.63, 3.8) is 0 Å². The van der Waals surface area contributed by atoms with E-state index in [0.29, 0.717) is 16.3 Å². The molecule has 6 nitrogen and oxygen atoms in total. The highest BCUT2D eigenvalue weighted by molar-refractivity contribution is 7.89. The third kappa shape index (κ3) is 5.48. The number of hydrogen-bond acceptors (Lipinski definition) is 5. The van der Waals surface area contributed by atoms with Crippen LogP contribution in [0.5, 0.6) is 0 Å². The molecule has 1 aliphatic carbocycles. The molecule has 0 atom stereocenters. The molecule has 0 saturated heterocycles. The summed E-state index contributed by atoms with van der Waals surface area (Å²) in [5, 5.41) is 5.11. The van der Waals surface area contributed by atoms with E-state index >= 15 is 0 Å². The first-order valence-corrected chi connectivity index (χ1v) is 13.2. The maximum atomic E-state index is 13.5. The number of sulfonamides is 1. The Bertz CT molecular complexity index is 1240. The highest BCUT2D eigenvalue weighted by atomic mass is 32.2. The number of carbonyl (C=O) groups excluding carboxylic acids is 1. The Morgan fingerprint density at radius 1 is 1.15 bits per heavy atom. The molecule has 0 aliphatic heterocycles. The van der Waals surface area contributed by atoms with E-state index in [2.05, 4.69) is 10.3 Å². The van der Waals surface area contributed by atoms with E-state index in [-0.39, 0.29) is 34.8 Å². The molecule has 4 rings (SSSR count). The van der Waals surface area contributed by atoms with Gasteiger partial charge in [-0.05, 0) is 37.1 Å². The third-order valence-electron chi connectivity index (χ3n) is 5.87. The summed E-state index contributed by atoms with van der Waals surface area (Å²) >= 11 is 1.33. The van der Waals surface area contributed by atoms with Crippen LogP contribution in [0.2, 0.25) is 0 Å². The predicted octanol–water partition coefficient (Wildman–Crippen LogP) is 5.08. The molecule has 1 amide bonds. The number of hydrogen-bond donors (Lipinski definition) is 1. The summed E-state index contributed by atoms with van der Waals surface area (Å²) < 4.78 is 41.6. The highest BCUT2D eigenvalue weighted by Gasteiger charge is 2.31. The number of anilines is 1. The minimum absolute atomic E-state index is 0.0152. The van der Waals surface area contributed by atoms with Gasteiger partial charge in [-0.2, -0.15) is 4.31 Å². The molecule has 1 aromatic heterocycles. The van der Waals surface area contributed by atoms with E-state index in [1.54, 1.807) is 42.8 Å². The lowest BCUT2D eigenvalue weighted by molar-refractivity contribution is -0.115. The van der Waals surface area contributed by atoms with Crippen molar-refractivity contribution in [2.24, 2.45) is 0 Å². The summed E-state index contributed by atoms with van der Waals surface area (Å²) in [6.07, 6.45) is 4.86. The summed E-state index contributed by atoms with van der Waals surface area (Å²) in [4.78, 5) is 17.2.